The number of ether oxygens (including phenoxy) is 1. The molecule has 0 aliphatic rings. The van der Waals surface area contributed by atoms with Crippen LogP contribution in [0, 0.1) is 0 Å². The molecule has 0 aromatic rings. The van der Waals surface area contributed by atoms with Crippen LogP contribution in [0.25, 0.3) is 0 Å². The van der Waals surface area contributed by atoms with E-state index in [0.717, 1.165) is 6.54 Å². The first-order valence-corrected chi connectivity index (χ1v) is 8.24. The molecule has 0 spiro atoms. The van der Waals surface area contributed by atoms with Gasteiger partial charge >= 0.3 is 14.4 Å². The average Bonchev–Trinajstić information content (AvgIpc) is 1.98. The smallest absolute Gasteiger partial charge is 0.366 e. The van der Waals surface area contributed by atoms with Crippen molar-refractivity contribution in [3.05, 3.63) is 0 Å². The van der Waals surface area contributed by atoms with Crippen LogP contribution in [-0.4, -0.2) is 43.0 Å². The maximum Gasteiger partial charge on any atom is 0.366 e. The van der Waals surface area contributed by atoms with E-state index >= 15 is 0 Å². The van der Waals surface area contributed by atoms with Crippen LogP contribution in [0.15, 0.2) is 0 Å². The average molecular weight is 215 g/mol. The minimum atomic E-state index is -0.771. The predicted octanol–water partition coefficient (Wildman–Crippen LogP) is 2.76. The van der Waals surface area contributed by atoms with E-state index in [9.17, 15) is 0 Å². The zero-order chi connectivity index (χ0) is 11.6. The maximum absolute atomic E-state index is 5.49. The first-order valence-electron chi connectivity index (χ1n) is 5.42. The first kappa shape index (κ1) is 14.5. The fourth-order valence-corrected chi connectivity index (χ4v) is 4.02. The Balaban J connectivity index is 4.55. The van der Waals surface area contributed by atoms with Gasteiger partial charge in [-0.05, 0) is 40.2 Å². The normalized spacial score (nSPS) is 13.5. The van der Waals surface area contributed by atoms with Crippen molar-refractivity contribution in [3.8, 4) is 0 Å². The van der Waals surface area contributed by atoms with Gasteiger partial charge < -0.3 is 8.62 Å². The summed E-state index contributed by atoms with van der Waals surface area (Å²) in [6, 6.07) is 0. The van der Waals surface area contributed by atoms with Crippen LogP contribution in [0.3, 0.4) is 0 Å². The molecule has 0 rings (SSSR count). The van der Waals surface area contributed by atoms with Crippen molar-refractivity contribution in [1.82, 2.24) is 3.88 Å². The van der Waals surface area contributed by atoms with Crippen molar-refractivity contribution in [2.45, 2.75) is 57.3 Å². The molecule has 0 atom stereocenters. The van der Waals surface area contributed by atoms with E-state index in [-0.39, 0.29) is 11.1 Å². The van der Waals surface area contributed by atoms with Crippen LogP contribution in [-0.2, 0) is 4.74 Å². The molecule has 3 heteroatoms. The van der Waals surface area contributed by atoms with Gasteiger partial charge in [-0.3, -0.25) is 0 Å². The Morgan fingerprint density at radius 1 is 1.07 bits per heavy atom. The molecular formula is C11H26AlNO. The number of hydrogen-bond acceptors (Lipinski definition) is 2. The minimum Gasteiger partial charge on any atom is -0.378 e. The van der Waals surface area contributed by atoms with Gasteiger partial charge in [-0.25, -0.2) is 0 Å². The standard InChI is InChI=1S/C9H20NO.2CH3.Al/c1-8(2,3)10-7-9(4,5)11-6;;;/h7H2,1-6H3;2*1H3;/q-1;;;+1. The molecule has 14 heavy (non-hydrogen) atoms. The molecule has 84 valence electrons. The lowest BCUT2D eigenvalue weighted by atomic mass is 10.1. The summed E-state index contributed by atoms with van der Waals surface area (Å²) in [6.07, 6.45) is 0. The highest BCUT2D eigenvalue weighted by Gasteiger charge is 2.31. The highest BCUT2D eigenvalue weighted by molar-refractivity contribution is 6.52. The van der Waals surface area contributed by atoms with Crippen LogP contribution in [0.2, 0.25) is 11.6 Å². The molecule has 0 unspecified atom stereocenters. The third-order valence-electron chi connectivity index (χ3n) is 2.59. The largest absolute Gasteiger partial charge is 0.378 e. The quantitative estimate of drug-likeness (QED) is 0.669. The Bertz CT molecular complexity index is 173. The second-order valence-corrected chi connectivity index (χ2v) is 8.67. The number of hydrogen-bond donors (Lipinski definition) is 0. The van der Waals surface area contributed by atoms with E-state index < -0.39 is 14.4 Å². The summed E-state index contributed by atoms with van der Waals surface area (Å²) in [7, 11) is 1.79. The molecule has 0 saturated heterocycles. The molecule has 0 aromatic carbocycles. The van der Waals surface area contributed by atoms with Crippen LogP contribution in [0.1, 0.15) is 34.6 Å². The van der Waals surface area contributed by atoms with Crippen LogP contribution in [0.4, 0.5) is 0 Å². The third kappa shape index (κ3) is 4.80. The molecular weight excluding hydrogens is 189 g/mol. The number of rotatable bonds is 4. The highest BCUT2D eigenvalue weighted by atomic mass is 27.2. The van der Waals surface area contributed by atoms with Gasteiger partial charge in [0.1, 0.15) is 0 Å². The highest BCUT2D eigenvalue weighted by Crippen LogP contribution is 2.20. The predicted molar refractivity (Wildman–Crippen MR) is 65.0 cm³/mol. The molecule has 0 fully saturated rings. The molecule has 0 radical (unpaired) electrons. The molecule has 0 saturated carbocycles. The third-order valence-corrected chi connectivity index (χ3v) is 4.79. The molecule has 0 amide bonds. The zero-order valence-electron chi connectivity index (χ0n) is 11.1. The molecule has 0 bridgehead atoms. The summed E-state index contributed by atoms with van der Waals surface area (Å²) in [4.78, 5) is 0. The van der Waals surface area contributed by atoms with Gasteiger partial charge in [0.2, 0.25) is 0 Å². The van der Waals surface area contributed by atoms with Crippen LogP contribution in [0.5, 0.6) is 0 Å². The van der Waals surface area contributed by atoms with Gasteiger partial charge in [-0.1, -0.05) is 11.6 Å². The van der Waals surface area contributed by atoms with Crippen molar-refractivity contribution in [2.24, 2.45) is 0 Å². The second-order valence-electron chi connectivity index (χ2n) is 5.86. The van der Waals surface area contributed by atoms with E-state index in [2.05, 4.69) is 50.1 Å². The van der Waals surface area contributed by atoms with Crippen molar-refractivity contribution in [1.29, 1.82) is 0 Å². The Labute approximate surface area is 94.2 Å². The fraction of sp³-hybridized carbons (Fsp3) is 1.00. The lowest BCUT2D eigenvalue weighted by Crippen LogP contribution is -2.54. The fourth-order valence-electron chi connectivity index (χ4n) is 1.67. The Hall–Kier alpha value is 0.452. The summed E-state index contributed by atoms with van der Waals surface area (Å²) in [6.45, 7) is 12.2. The molecule has 2 nitrogen and oxygen atoms in total. The molecule has 0 aromatic heterocycles. The molecule has 0 heterocycles. The lowest BCUT2D eigenvalue weighted by Gasteiger charge is -2.43. The van der Waals surface area contributed by atoms with Gasteiger partial charge in [0.15, 0.2) is 0 Å². The van der Waals surface area contributed by atoms with E-state index in [1.165, 1.54) is 0 Å². The zero-order valence-corrected chi connectivity index (χ0v) is 12.3. The second kappa shape index (κ2) is 4.99. The van der Waals surface area contributed by atoms with Gasteiger partial charge in [-0.15, -0.1) is 0 Å². The summed E-state index contributed by atoms with van der Waals surface area (Å²) < 4.78 is 8.10. The van der Waals surface area contributed by atoms with Crippen molar-refractivity contribution >= 4 is 14.4 Å². The topological polar surface area (TPSA) is 12.5 Å². The van der Waals surface area contributed by atoms with Gasteiger partial charge in [0, 0.05) is 13.7 Å². The molecule has 0 aliphatic heterocycles. The number of nitrogens with zero attached hydrogens (tertiary/aromatic N) is 1. The first-order chi connectivity index (χ1) is 6.10. The molecule has 0 aliphatic carbocycles. The van der Waals surface area contributed by atoms with Crippen LogP contribution < -0.4 is 0 Å². The Morgan fingerprint density at radius 2 is 1.50 bits per heavy atom. The van der Waals surface area contributed by atoms with E-state index in [1.54, 1.807) is 7.11 Å². The Morgan fingerprint density at radius 3 is 1.71 bits per heavy atom. The summed E-state index contributed by atoms with van der Waals surface area (Å²) in [5, 5.41) is 0. The number of methoxy groups -OCH3 is 1. The molecule has 0 N–H and O–H groups in total. The SMILES string of the molecule is COC(C)(C)C[N]([Al]([CH3])[CH3])C(C)(C)C. The lowest BCUT2D eigenvalue weighted by molar-refractivity contribution is -0.00548. The summed E-state index contributed by atoms with van der Waals surface area (Å²) >= 11 is -0.771. The van der Waals surface area contributed by atoms with Crippen molar-refractivity contribution in [2.75, 3.05) is 13.7 Å². The van der Waals surface area contributed by atoms with Gasteiger partial charge in [0.05, 0.1) is 5.60 Å². The van der Waals surface area contributed by atoms with Crippen molar-refractivity contribution < 1.29 is 4.74 Å². The maximum atomic E-state index is 5.49. The van der Waals surface area contributed by atoms with E-state index in [1.807, 2.05) is 0 Å². The summed E-state index contributed by atoms with van der Waals surface area (Å²) in [5.74, 6) is 4.74. The van der Waals surface area contributed by atoms with Crippen molar-refractivity contribution in [3.63, 3.8) is 0 Å². The van der Waals surface area contributed by atoms with E-state index in [4.69, 9.17) is 4.74 Å². The van der Waals surface area contributed by atoms with E-state index in [0.29, 0.717) is 0 Å². The van der Waals surface area contributed by atoms with Crippen LogP contribution >= 0.6 is 0 Å². The Kier molecular flexibility index (Phi) is 5.15. The van der Waals surface area contributed by atoms with Gasteiger partial charge in [-0.2, -0.15) is 0 Å². The minimum absolute atomic E-state index is 0.0372. The summed E-state index contributed by atoms with van der Waals surface area (Å²) in [5.41, 5.74) is 0.223. The monoisotopic (exact) mass is 215 g/mol. The van der Waals surface area contributed by atoms with Gasteiger partial charge in [0.25, 0.3) is 0 Å².